The minimum Gasteiger partial charge on any atom is -0.350 e. The highest BCUT2D eigenvalue weighted by Crippen LogP contribution is 2.35. The lowest BCUT2D eigenvalue weighted by Crippen LogP contribution is -2.26. The number of fused-ring (bicyclic) bond motifs is 1. The van der Waals surface area contributed by atoms with Crippen LogP contribution in [-0.2, 0) is 18.3 Å². The van der Waals surface area contributed by atoms with E-state index in [1.54, 1.807) is 7.05 Å². The predicted octanol–water partition coefficient (Wildman–Crippen LogP) is 5.69. The van der Waals surface area contributed by atoms with Crippen LogP contribution in [0.25, 0.3) is 22.3 Å². The number of nitrogens with one attached hydrogen (secondary N) is 1. The monoisotopic (exact) mass is 448 g/mol. The molecule has 2 aromatic carbocycles. The molecule has 4 rings (SSSR count). The van der Waals surface area contributed by atoms with Gasteiger partial charge in [0.05, 0.1) is 11.4 Å². The zero-order valence-corrected chi connectivity index (χ0v) is 18.8. The van der Waals surface area contributed by atoms with Gasteiger partial charge in [-0.1, -0.05) is 60.2 Å². The maximum absolute atomic E-state index is 14.0. The Hall–Kier alpha value is -3.61. The molecule has 0 aliphatic heterocycles. The van der Waals surface area contributed by atoms with Crippen LogP contribution in [0.4, 0.5) is 8.78 Å². The van der Waals surface area contributed by atoms with Gasteiger partial charge in [-0.05, 0) is 31.9 Å². The van der Waals surface area contributed by atoms with Crippen molar-refractivity contribution in [1.82, 2.24) is 20.1 Å². The molecular weight excluding hydrogens is 422 g/mol. The minimum absolute atomic E-state index is 0.115. The summed E-state index contributed by atoms with van der Waals surface area (Å²) in [4.78, 5) is 17.1. The van der Waals surface area contributed by atoms with Crippen LogP contribution >= 0.6 is 0 Å². The van der Waals surface area contributed by atoms with Crippen molar-refractivity contribution in [2.75, 3.05) is 0 Å². The maximum Gasteiger partial charge on any atom is 0.264 e. The number of benzene rings is 2. The molecular formula is C26H26F2N4O. The lowest BCUT2D eigenvalue weighted by atomic mass is 10.0. The first-order valence-corrected chi connectivity index (χ1v) is 10.9. The van der Waals surface area contributed by atoms with Gasteiger partial charge < -0.3 is 5.32 Å². The summed E-state index contributed by atoms with van der Waals surface area (Å²) in [7, 11) is 1.69. The van der Waals surface area contributed by atoms with E-state index < -0.39 is 6.43 Å². The molecule has 0 bridgehead atoms. The second kappa shape index (κ2) is 9.48. The van der Waals surface area contributed by atoms with Crippen LogP contribution in [0.5, 0.6) is 0 Å². The van der Waals surface area contributed by atoms with Crippen LogP contribution in [0, 0.1) is 6.92 Å². The first kappa shape index (κ1) is 22.6. The molecule has 0 fully saturated rings. The number of pyridine rings is 1. The lowest BCUT2D eigenvalue weighted by Gasteiger charge is -2.15. The Balaban J connectivity index is 1.55. The molecule has 0 spiro atoms. The molecule has 2 heterocycles. The standard InChI is InChI=1S/C26H26F2N4O/c1-16-9-11-18(12-10-16)17(2)29-22(33)14-13-20-15-21(25(27)28)23-24(19-7-5-4-6-8-19)31-32(3)26(23)30-20/h4-12,15,17,25H,13-14H2,1-3H3,(H,29,33)/t17-/m0/s1. The average molecular weight is 449 g/mol. The fraction of sp³-hybridized carbons (Fsp3) is 0.269. The molecule has 0 aliphatic carbocycles. The lowest BCUT2D eigenvalue weighted by molar-refractivity contribution is -0.121. The Morgan fingerprint density at radius 1 is 1.09 bits per heavy atom. The van der Waals surface area contributed by atoms with Gasteiger partial charge in [0.15, 0.2) is 5.65 Å². The third kappa shape index (κ3) is 4.92. The summed E-state index contributed by atoms with van der Waals surface area (Å²) < 4.78 is 29.6. The molecule has 2 aromatic heterocycles. The highest BCUT2D eigenvalue weighted by Gasteiger charge is 2.22. The van der Waals surface area contributed by atoms with Gasteiger partial charge in [0, 0.05) is 30.3 Å². The van der Waals surface area contributed by atoms with Crippen molar-refractivity contribution in [3.05, 3.63) is 83.0 Å². The Labute approximate surface area is 191 Å². The van der Waals surface area contributed by atoms with Crippen molar-refractivity contribution < 1.29 is 13.6 Å². The van der Waals surface area contributed by atoms with Gasteiger partial charge in [-0.2, -0.15) is 5.10 Å². The van der Waals surface area contributed by atoms with E-state index in [0.29, 0.717) is 22.4 Å². The van der Waals surface area contributed by atoms with Crippen molar-refractivity contribution in [2.24, 2.45) is 7.05 Å². The Bertz CT molecular complexity index is 1270. The van der Waals surface area contributed by atoms with E-state index in [0.717, 1.165) is 16.7 Å². The highest BCUT2D eigenvalue weighted by molar-refractivity contribution is 5.94. The summed E-state index contributed by atoms with van der Waals surface area (Å²) in [6.45, 7) is 3.93. The molecule has 1 amide bonds. The van der Waals surface area contributed by atoms with Gasteiger partial charge in [-0.3, -0.25) is 4.79 Å². The minimum atomic E-state index is -2.68. The predicted molar refractivity (Wildman–Crippen MR) is 125 cm³/mol. The second-order valence-corrected chi connectivity index (χ2v) is 8.24. The smallest absolute Gasteiger partial charge is 0.264 e. The van der Waals surface area contributed by atoms with Crippen molar-refractivity contribution >= 4 is 16.9 Å². The summed E-state index contributed by atoms with van der Waals surface area (Å²) in [5.74, 6) is -0.154. The average Bonchev–Trinajstić information content (AvgIpc) is 3.14. The summed E-state index contributed by atoms with van der Waals surface area (Å²) in [5, 5.41) is 7.77. The number of aryl methyl sites for hydroxylation is 3. The number of alkyl halides is 2. The number of halogens is 2. The van der Waals surface area contributed by atoms with Gasteiger partial charge >= 0.3 is 0 Å². The number of hydrogen-bond acceptors (Lipinski definition) is 3. The number of carbonyl (C=O) groups excluding carboxylic acids is 1. The SMILES string of the molecule is Cc1ccc([C@H](C)NC(=O)CCc2cc(C(F)F)c3c(-c4ccccc4)nn(C)c3n2)cc1. The van der Waals surface area contributed by atoms with Crippen LogP contribution in [-0.4, -0.2) is 20.7 Å². The van der Waals surface area contributed by atoms with Crippen LogP contribution in [0.1, 0.15) is 48.2 Å². The number of hydrogen-bond donors (Lipinski definition) is 1. The van der Waals surface area contributed by atoms with Gasteiger partial charge in [-0.15, -0.1) is 0 Å². The van der Waals surface area contributed by atoms with E-state index in [9.17, 15) is 13.6 Å². The van der Waals surface area contributed by atoms with Crippen LogP contribution < -0.4 is 5.32 Å². The molecule has 0 saturated heterocycles. The molecule has 0 unspecified atom stereocenters. The molecule has 1 atom stereocenters. The number of rotatable bonds is 7. The number of nitrogens with zero attached hydrogens (tertiary/aromatic N) is 3. The summed E-state index contributed by atoms with van der Waals surface area (Å²) in [5.41, 5.74) is 4.11. The van der Waals surface area contributed by atoms with E-state index >= 15 is 0 Å². The Morgan fingerprint density at radius 2 is 1.79 bits per heavy atom. The molecule has 1 N–H and O–H groups in total. The summed E-state index contributed by atoms with van der Waals surface area (Å²) >= 11 is 0. The topological polar surface area (TPSA) is 59.8 Å². The number of carbonyl (C=O) groups is 1. The maximum atomic E-state index is 14.0. The highest BCUT2D eigenvalue weighted by atomic mass is 19.3. The van der Waals surface area contributed by atoms with Crippen LogP contribution in [0.15, 0.2) is 60.7 Å². The largest absolute Gasteiger partial charge is 0.350 e. The van der Waals surface area contributed by atoms with Gasteiger partial charge in [0.25, 0.3) is 6.43 Å². The zero-order chi connectivity index (χ0) is 23.5. The van der Waals surface area contributed by atoms with Crippen LogP contribution in [0.2, 0.25) is 0 Å². The molecule has 4 aromatic rings. The van der Waals surface area contributed by atoms with Gasteiger partial charge in [-0.25, -0.2) is 18.4 Å². The Morgan fingerprint density at radius 3 is 2.45 bits per heavy atom. The second-order valence-electron chi connectivity index (χ2n) is 8.24. The molecule has 33 heavy (non-hydrogen) atoms. The summed E-state index contributed by atoms with van der Waals surface area (Å²) in [6, 6.07) is 18.5. The van der Waals surface area contributed by atoms with E-state index in [1.165, 1.54) is 10.7 Å². The molecule has 170 valence electrons. The molecule has 0 aliphatic rings. The number of aromatic nitrogens is 3. The van der Waals surface area contributed by atoms with Crippen molar-refractivity contribution in [1.29, 1.82) is 0 Å². The van der Waals surface area contributed by atoms with E-state index in [1.807, 2.05) is 68.4 Å². The third-order valence-electron chi connectivity index (χ3n) is 5.72. The fourth-order valence-electron chi connectivity index (χ4n) is 3.92. The normalized spacial score (nSPS) is 12.3. The van der Waals surface area contributed by atoms with Crippen molar-refractivity contribution in [3.8, 4) is 11.3 Å². The number of amides is 1. The fourth-order valence-corrected chi connectivity index (χ4v) is 3.92. The quantitative estimate of drug-likeness (QED) is 0.395. The molecule has 5 nitrogen and oxygen atoms in total. The van der Waals surface area contributed by atoms with Crippen molar-refractivity contribution in [3.63, 3.8) is 0 Å². The van der Waals surface area contributed by atoms with Crippen LogP contribution in [0.3, 0.4) is 0 Å². The molecule has 7 heteroatoms. The van der Waals surface area contributed by atoms with E-state index in [-0.39, 0.29) is 30.4 Å². The Kier molecular flexibility index (Phi) is 6.49. The van der Waals surface area contributed by atoms with E-state index in [4.69, 9.17) is 0 Å². The molecule has 0 saturated carbocycles. The first-order valence-electron chi connectivity index (χ1n) is 10.9. The molecule has 0 radical (unpaired) electrons. The van der Waals surface area contributed by atoms with E-state index in [2.05, 4.69) is 15.4 Å². The first-order chi connectivity index (χ1) is 15.8. The summed E-state index contributed by atoms with van der Waals surface area (Å²) in [6.07, 6.45) is -2.27. The zero-order valence-electron chi connectivity index (χ0n) is 18.8. The van der Waals surface area contributed by atoms with Crippen molar-refractivity contribution in [2.45, 2.75) is 39.2 Å². The van der Waals surface area contributed by atoms with Gasteiger partial charge in [0.1, 0.15) is 5.69 Å². The van der Waals surface area contributed by atoms with Gasteiger partial charge in [0.2, 0.25) is 5.91 Å². The third-order valence-corrected chi connectivity index (χ3v) is 5.72.